The lowest BCUT2D eigenvalue weighted by atomic mass is 10.2. The van der Waals surface area contributed by atoms with Crippen LogP contribution in [0, 0.1) is 13.8 Å². The molecule has 8 nitrogen and oxygen atoms in total. The molecule has 0 bridgehead atoms. The molecule has 2 heterocycles. The standard InChI is InChI=1S/C21H28N6O2S/c1-6-26-12-17(11-23-26)10-22-21(30)24-20-14(2)25-27(15(20)3)13-16-7-8-18(28-4)19(9-16)29-5/h7-9,11-12H,6,10,13H2,1-5H3,(H2,22,24,30). The maximum Gasteiger partial charge on any atom is 0.171 e. The third kappa shape index (κ3) is 4.91. The highest BCUT2D eigenvalue weighted by Crippen LogP contribution is 2.28. The van der Waals surface area contributed by atoms with Gasteiger partial charge in [0.25, 0.3) is 0 Å². The minimum absolute atomic E-state index is 0.552. The molecule has 0 aliphatic heterocycles. The van der Waals surface area contributed by atoms with E-state index < -0.39 is 0 Å². The number of ether oxygens (including phenoxy) is 2. The van der Waals surface area contributed by atoms with Gasteiger partial charge in [0.15, 0.2) is 16.6 Å². The Bertz CT molecular complexity index is 1030. The molecular weight excluding hydrogens is 400 g/mol. The molecule has 2 N–H and O–H groups in total. The molecule has 9 heteroatoms. The van der Waals surface area contributed by atoms with Crippen molar-refractivity contribution in [3.05, 3.63) is 53.1 Å². The molecule has 0 aliphatic rings. The van der Waals surface area contributed by atoms with Crippen LogP contribution in [-0.4, -0.2) is 38.9 Å². The molecule has 0 radical (unpaired) electrons. The van der Waals surface area contributed by atoms with Crippen LogP contribution < -0.4 is 20.1 Å². The van der Waals surface area contributed by atoms with Gasteiger partial charge in [0, 0.05) is 24.8 Å². The first kappa shape index (κ1) is 21.6. The fraction of sp³-hybridized carbons (Fsp3) is 0.381. The normalized spacial score (nSPS) is 10.7. The van der Waals surface area contributed by atoms with Gasteiger partial charge < -0.3 is 20.1 Å². The summed E-state index contributed by atoms with van der Waals surface area (Å²) < 4.78 is 14.6. The zero-order chi connectivity index (χ0) is 21.7. The molecule has 0 spiro atoms. The monoisotopic (exact) mass is 428 g/mol. The van der Waals surface area contributed by atoms with E-state index in [1.165, 1.54) is 0 Å². The number of hydrogen-bond acceptors (Lipinski definition) is 5. The van der Waals surface area contributed by atoms with E-state index in [1.54, 1.807) is 14.2 Å². The molecule has 0 saturated heterocycles. The number of thiocarbonyl (C=S) groups is 1. The minimum atomic E-state index is 0.552. The summed E-state index contributed by atoms with van der Waals surface area (Å²) in [6, 6.07) is 5.87. The van der Waals surface area contributed by atoms with Gasteiger partial charge in [0.1, 0.15) is 0 Å². The Balaban J connectivity index is 1.67. The van der Waals surface area contributed by atoms with Crippen LogP contribution in [0.1, 0.15) is 29.4 Å². The van der Waals surface area contributed by atoms with Gasteiger partial charge in [-0.3, -0.25) is 9.36 Å². The number of hydrogen-bond donors (Lipinski definition) is 2. The molecule has 1 aromatic carbocycles. The molecule has 0 amide bonds. The topological polar surface area (TPSA) is 78.2 Å². The van der Waals surface area contributed by atoms with Crippen LogP contribution in [-0.2, 0) is 19.6 Å². The first-order chi connectivity index (χ1) is 14.4. The second-order valence-electron chi connectivity index (χ2n) is 6.90. The van der Waals surface area contributed by atoms with Crippen LogP contribution in [0.2, 0.25) is 0 Å². The van der Waals surface area contributed by atoms with Crippen LogP contribution in [0.5, 0.6) is 11.5 Å². The minimum Gasteiger partial charge on any atom is -0.493 e. The van der Waals surface area contributed by atoms with E-state index in [-0.39, 0.29) is 0 Å². The highest BCUT2D eigenvalue weighted by molar-refractivity contribution is 7.80. The lowest BCUT2D eigenvalue weighted by molar-refractivity contribution is 0.354. The molecule has 160 valence electrons. The Morgan fingerprint density at radius 2 is 1.90 bits per heavy atom. The van der Waals surface area contributed by atoms with Gasteiger partial charge in [-0.15, -0.1) is 0 Å². The molecule has 30 heavy (non-hydrogen) atoms. The van der Waals surface area contributed by atoms with Crippen LogP contribution >= 0.6 is 12.2 Å². The fourth-order valence-electron chi connectivity index (χ4n) is 3.19. The number of aromatic nitrogens is 4. The van der Waals surface area contributed by atoms with E-state index in [2.05, 4.69) is 27.8 Å². The Labute approximate surface area is 182 Å². The Hall–Kier alpha value is -3.07. The summed E-state index contributed by atoms with van der Waals surface area (Å²) >= 11 is 5.47. The van der Waals surface area contributed by atoms with Crippen molar-refractivity contribution < 1.29 is 9.47 Å². The van der Waals surface area contributed by atoms with Gasteiger partial charge in [0.2, 0.25) is 0 Å². The average Bonchev–Trinajstić information content (AvgIpc) is 3.32. The maximum absolute atomic E-state index is 5.47. The second kappa shape index (κ2) is 9.62. The van der Waals surface area contributed by atoms with Gasteiger partial charge in [-0.25, -0.2) is 0 Å². The predicted molar refractivity (Wildman–Crippen MR) is 121 cm³/mol. The van der Waals surface area contributed by atoms with Gasteiger partial charge in [0.05, 0.1) is 44.0 Å². The lowest BCUT2D eigenvalue weighted by Gasteiger charge is -2.12. The molecule has 0 atom stereocenters. The summed E-state index contributed by atoms with van der Waals surface area (Å²) in [4.78, 5) is 0. The predicted octanol–water partition coefficient (Wildman–Crippen LogP) is 3.27. The number of nitrogens with one attached hydrogen (secondary N) is 2. The highest BCUT2D eigenvalue weighted by Gasteiger charge is 2.14. The number of anilines is 1. The number of methoxy groups -OCH3 is 2. The van der Waals surface area contributed by atoms with Crippen molar-refractivity contribution in [3.63, 3.8) is 0 Å². The van der Waals surface area contributed by atoms with E-state index in [0.717, 1.165) is 34.7 Å². The Morgan fingerprint density at radius 1 is 1.13 bits per heavy atom. The maximum atomic E-state index is 5.47. The van der Waals surface area contributed by atoms with Crippen LogP contribution in [0.3, 0.4) is 0 Å². The molecule has 3 aromatic rings. The second-order valence-corrected chi connectivity index (χ2v) is 7.31. The number of rotatable bonds is 8. The van der Waals surface area contributed by atoms with Crippen molar-refractivity contribution in [1.82, 2.24) is 24.9 Å². The zero-order valence-corrected chi connectivity index (χ0v) is 18.8. The summed E-state index contributed by atoms with van der Waals surface area (Å²) in [7, 11) is 3.26. The zero-order valence-electron chi connectivity index (χ0n) is 18.0. The van der Waals surface area contributed by atoms with Gasteiger partial charge in [-0.05, 0) is 50.7 Å². The van der Waals surface area contributed by atoms with E-state index in [9.17, 15) is 0 Å². The van der Waals surface area contributed by atoms with Crippen LogP contribution in [0.25, 0.3) is 0 Å². The fourth-order valence-corrected chi connectivity index (χ4v) is 3.37. The van der Waals surface area contributed by atoms with Crippen molar-refractivity contribution in [3.8, 4) is 11.5 Å². The van der Waals surface area contributed by atoms with Crippen molar-refractivity contribution in [1.29, 1.82) is 0 Å². The van der Waals surface area contributed by atoms with Crippen LogP contribution in [0.4, 0.5) is 5.69 Å². The lowest BCUT2D eigenvalue weighted by Crippen LogP contribution is -2.28. The third-order valence-corrected chi connectivity index (χ3v) is 5.11. The molecule has 2 aromatic heterocycles. The van der Waals surface area contributed by atoms with E-state index in [0.29, 0.717) is 29.7 Å². The third-order valence-electron chi connectivity index (χ3n) is 4.86. The molecule has 3 rings (SSSR count). The van der Waals surface area contributed by atoms with Gasteiger partial charge in [-0.2, -0.15) is 10.2 Å². The van der Waals surface area contributed by atoms with Crippen LogP contribution in [0.15, 0.2) is 30.6 Å². The smallest absolute Gasteiger partial charge is 0.171 e. The number of benzene rings is 1. The summed E-state index contributed by atoms with van der Waals surface area (Å²) in [5, 5.41) is 16.0. The SMILES string of the molecule is CCn1cc(CNC(=S)Nc2c(C)nn(Cc3ccc(OC)c(OC)c3)c2C)cn1. The molecule has 0 fully saturated rings. The number of aryl methyl sites for hydroxylation is 2. The summed E-state index contributed by atoms with van der Waals surface area (Å²) in [5.74, 6) is 1.41. The summed E-state index contributed by atoms with van der Waals surface area (Å²) in [6.07, 6.45) is 3.85. The first-order valence-electron chi connectivity index (χ1n) is 9.76. The summed E-state index contributed by atoms with van der Waals surface area (Å²) in [6.45, 7) is 8.13. The van der Waals surface area contributed by atoms with Gasteiger partial charge in [-0.1, -0.05) is 6.07 Å². The van der Waals surface area contributed by atoms with Crippen molar-refractivity contribution >= 4 is 23.0 Å². The largest absolute Gasteiger partial charge is 0.493 e. The quantitative estimate of drug-likeness (QED) is 0.533. The Morgan fingerprint density at radius 3 is 2.57 bits per heavy atom. The van der Waals surface area contributed by atoms with Crippen molar-refractivity contribution in [2.24, 2.45) is 0 Å². The number of nitrogens with zero attached hydrogens (tertiary/aromatic N) is 4. The highest BCUT2D eigenvalue weighted by atomic mass is 32.1. The van der Waals surface area contributed by atoms with Gasteiger partial charge >= 0.3 is 0 Å². The molecule has 0 aliphatic carbocycles. The molecule has 0 saturated carbocycles. The molecular formula is C21H28N6O2S. The molecule has 0 unspecified atom stereocenters. The summed E-state index contributed by atoms with van der Waals surface area (Å²) in [5.41, 5.74) is 4.95. The van der Waals surface area contributed by atoms with E-state index in [1.807, 2.05) is 53.8 Å². The van der Waals surface area contributed by atoms with E-state index in [4.69, 9.17) is 21.7 Å². The van der Waals surface area contributed by atoms with E-state index >= 15 is 0 Å². The van der Waals surface area contributed by atoms with Crippen molar-refractivity contribution in [2.75, 3.05) is 19.5 Å². The first-order valence-corrected chi connectivity index (χ1v) is 10.2. The Kier molecular flexibility index (Phi) is 6.94. The van der Waals surface area contributed by atoms with Crippen molar-refractivity contribution in [2.45, 2.75) is 40.4 Å². The average molecular weight is 429 g/mol.